The van der Waals surface area contributed by atoms with Crippen LogP contribution in [0.5, 0.6) is 0 Å². The van der Waals surface area contributed by atoms with E-state index < -0.39 is 0 Å². The van der Waals surface area contributed by atoms with Gasteiger partial charge >= 0.3 is 5.69 Å². The molecule has 0 N–H and O–H groups in total. The lowest BCUT2D eigenvalue weighted by atomic mass is 10.1. The summed E-state index contributed by atoms with van der Waals surface area (Å²) in [5.41, 5.74) is 3.31. The van der Waals surface area contributed by atoms with Crippen LogP contribution in [0.3, 0.4) is 0 Å². The maximum atomic E-state index is 12.2. The number of aromatic nitrogens is 2. The number of likely N-dealkylation sites (N-methyl/N-ethyl adjacent to an activating group) is 1. The van der Waals surface area contributed by atoms with E-state index in [1.165, 1.54) is 29.8 Å². The topological polar surface area (TPSA) is 33.4 Å². The fourth-order valence-electron chi connectivity index (χ4n) is 4.53. The summed E-state index contributed by atoms with van der Waals surface area (Å²) in [6.45, 7) is 7.62. The molecule has 0 bridgehead atoms. The second-order valence-corrected chi connectivity index (χ2v) is 8.93. The number of imidazole rings is 1. The summed E-state index contributed by atoms with van der Waals surface area (Å²) in [7, 11) is 3.70. The zero-order valence-corrected chi connectivity index (χ0v) is 17.9. The molecule has 0 saturated carbocycles. The van der Waals surface area contributed by atoms with Crippen molar-refractivity contribution in [1.82, 2.24) is 18.9 Å². The van der Waals surface area contributed by atoms with Gasteiger partial charge in [-0.2, -0.15) is 0 Å². The van der Waals surface area contributed by atoms with E-state index in [0.29, 0.717) is 6.04 Å². The Morgan fingerprint density at radius 1 is 1.14 bits per heavy atom. The highest BCUT2D eigenvalue weighted by Gasteiger charge is 2.25. The average Bonchev–Trinajstić information content (AvgIpc) is 3.41. The first kappa shape index (κ1) is 19.4. The summed E-state index contributed by atoms with van der Waals surface area (Å²) >= 11 is 1.83. The normalized spacial score (nSPS) is 17.9. The fraction of sp³-hybridized carbons (Fsp3) is 0.500. The first-order chi connectivity index (χ1) is 13.6. The number of aryl methyl sites for hydroxylation is 2. The molecule has 0 radical (unpaired) electrons. The zero-order chi connectivity index (χ0) is 19.7. The third kappa shape index (κ3) is 3.81. The molecular formula is C22H30N4OS. The second kappa shape index (κ2) is 8.23. The zero-order valence-electron chi connectivity index (χ0n) is 17.1. The lowest BCUT2D eigenvalue weighted by Crippen LogP contribution is -2.39. The Balaban J connectivity index is 1.58. The maximum Gasteiger partial charge on any atom is 0.328 e. The molecule has 0 spiro atoms. The average molecular weight is 399 g/mol. The van der Waals surface area contributed by atoms with Crippen LogP contribution < -0.4 is 5.69 Å². The van der Waals surface area contributed by atoms with Crippen LogP contribution in [0.1, 0.15) is 30.2 Å². The van der Waals surface area contributed by atoms with Crippen LogP contribution in [0.25, 0.3) is 11.0 Å². The Morgan fingerprint density at radius 3 is 2.71 bits per heavy atom. The molecule has 1 aliphatic rings. The first-order valence-corrected chi connectivity index (χ1v) is 11.1. The van der Waals surface area contributed by atoms with Crippen LogP contribution >= 0.6 is 11.3 Å². The lowest BCUT2D eigenvalue weighted by molar-refractivity contribution is 0.167. The van der Waals surface area contributed by atoms with Gasteiger partial charge in [0.05, 0.1) is 11.0 Å². The molecule has 2 aromatic heterocycles. The van der Waals surface area contributed by atoms with E-state index in [2.05, 4.69) is 52.4 Å². The Morgan fingerprint density at radius 2 is 1.96 bits per heavy atom. The molecule has 0 aliphatic carbocycles. The van der Waals surface area contributed by atoms with Crippen molar-refractivity contribution in [2.24, 2.45) is 14.1 Å². The van der Waals surface area contributed by atoms with Gasteiger partial charge in [0.1, 0.15) is 0 Å². The van der Waals surface area contributed by atoms with Crippen LogP contribution in [-0.4, -0.2) is 44.6 Å². The van der Waals surface area contributed by atoms with Crippen molar-refractivity contribution in [3.05, 3.63) is 56.6 Å². The second-order valence-electron chi connectivity index (χ2n) is 7.90. The number of nitrogens with zero attached hydrogens (tertiary/aromatic N) is 4. The number of fused-ring (bicyclic) bond motifs is 1. The van der Waals surface area contributed by atoms with Crippen LogP contribution in [0.2, 0.25) is 0 Å². The van der Waals surface area contributed by atoms with Gasteiger partial charge in [0.2, 0.25) is 0 Å². The third-order valence-electron chi connectivity index (χ3n) is 6.08. The number of likely N-dealkylation sites (tertiary alicyclic amines) is 1. The quantitative estimate of drug-likeness (QED) is 0.611. The van der Waals surface area contributed by atoms with E-state index >= 15 is 0 Å². The van der Waals surface area contributed by atoms with Crippen molar-refractivity contribution in [2.75, 3.05) is 19.6 Å². The molecule has 150 valence electrons. The summed E-state index contributed by atoms with van der Waals surface area (Å²) < 4.78 is 3.47. The van der Waals surface area contributed by atoms with E-state index in [-0.39, 0.29) is 5.69 Å². The molecule has 4 rings (SSSR count). The highest BCUT2D eigenvalue weighted by atomic mass is 32.1. The number of benzene rings is 1. The maximum absolute atomic E-state index is 12.2. The summed E-state index contributed by atoms with van der Waals surface area (Å²) in [6, 6.07) is 11.5. The third-order valence-corrected chi connectivity index (χ3v) is 6.94. The van der Waals surface area contributed by atoms with Gasteiger partial charge in [0.25, 0.3) is 0 Å². The Bertz CT molecular complexity index is 988. The van der Waals surface area contributed by atoms with E-state index in [1.807, 2.05) is 25.4 Å². The predicted octanol–water partition coefficient (Wildman–Crippen LogP) is 3.43. The molecule has 1 saturated heterocycles. The molecule has 1 aliphatic heterocycles. The Labute approximate surface area is 170 Å². The largest absolute Gasteiger partial charge is 0.328 e. The first-order valence-electron chi connectivity index (χ1n) is 10.2. The molecule has 3 heterocycles. The summed E-state index contributed by atoms with van der Waals surface area (Å²) in [5.74, 6) is 0. The van der Waals surface area contributed by atoms with E-state index in [1.54, 1.807) is 9.13 Å². The van der Waals surface area contributed by atoms with Gasteiger partial charge in [0, 0.05) is 44.6 Å². The minimum absolute atomic E-state index is 0.0344. The SMILES string of the molecule is CCN1CCCC1CN(Cc1ccc2c(c1)n(C)c(=O)n2C)Cc1cccs1. The molecule has 1 aromatic carbocycles. The van der Waals surface area contributed by atoms with Gasteiger partial charge in [-0.15, -0.1) is 11.3 Å². The van der Waals surface area contributed by atoms with E-state index in [9.17, 15) is 4.79 Å². The highest BCUT2D eigenvalue weighted by Crippen LogP contribution is 2.22. The lowest BCUT2D eigenvalue weighted by Gasteiger charge is -2.30. The molecule has 1 fully saturated rings. The molecule has 1 unspecified atom stereocenters. The van der Waals surface area contributed by atoms with Crippen molar-refractivity contribution < 1.29 is 0 Å². The fourth-order valence-corrected chi connectivity index (χ4v) is 5.28. The number of hydrogen-bond acceptors (Lipinski definition) is 4. The van der Waals surface area contributed by atoms with Gasteiger partial charge < -0.3 is 0 Å². The summed E-state index contributed by atoms with van der Waals surface area (Å²) in [6.07, 6.45) is 2.60. The predicted molar refractivity (Wildman–Crippen MR) is 117 cm³/mol. The minimum atomic E-state index is 0.0344. The van der Waals surface area contributed by atoms with Gasteiger partial charge in [0.15, 0.2) is 0 Å². The van der Waals surface area contributed by atoms with Crippen LogP contribution in [0.4, 0.5) is 0 Å². The number of hydrogen-bond donors (Lipinski definition) is 0. The number of thiophene rings is 1. The molecule has 3 aromatic rings. The molecule has 6 heteroatoms. The highest BCUT2D eigenvalue weighted by molar-refractivity contribution is 7.09. The van der Waals surface area contributed by atoms with E-state index in [0.717, 1.165) is 37.2 Å². The smallest absolute Gasteiger partial charge is 0.299 e. The van der Waals surface area contributed by atoms with Crippen molar-refractivity contribution >= 4 is 22.4 Å². The van der Waals surface area contributed by atoms with Crippen LogP contribution in [-0.2, 0) is 27.2 Å². The van der Waals surface area contributed by atoms with Crippen LogP contribution in [0.15, 0.2) is 40.5 Å². The Kier molecular flexibility index (Phi) is 5.71. The van der Waals surface area contributed by atoms with Gasteiger partial charge in [-0.3, -0.25) is 18.9 Å². The van der Waals surface area contributed by atoms with Crippen molar-refractivity contribution in [3.8, 4) is 0 Å². The number of rotatable bonds is 7. The molecule has 28 heavy (non-hydrogen) atoms. The molecule has 1 atom stereocenters. The molecule has 5 nitrogen and oxygen atoms in total. The summed E-state index contributed by atoms with van der Waals surface area (Å²) in [4.78, 5) is 18.8. The summed E-state index contributed by atoms with van der Waals surface area (Å²) in [5, 5.41) is 2.16. The van der Waals surface area contributed by atoms with Crippen LogP contribution in [0, 0.1) is 0 Å². The van der Waals surface area contributed by atoms with E-state index in [4.69, 9.17) is 0 Å². The Hall–Kier alpha value is -1.89. The minimum Gasteiger partial charge on any atom is -0.299 e. The molecular weight excluding hydrogens is 368 g/mol. The van der Waals surface area contributed by atoms with Gasteiger partial charge in [-0.1, -0.05) is 19.1 Å². The van der Waals surface area contributed by atoms with Crippen molar-refractivity contribution in [3.63, 3.8) is 0 Å². The van der Waals surface area contributed by atoms with Gasteiger partial charge in [-0.05, 0) is 55.1 Å². The molecule has 0 amide bonds. The monoisotopic (exact) mass is 398 g/mol. The van der Waals surface area contributed by atoms with Gasteiger partial charge in [-0.25, -0.2) is 4.79 Å². The van der Waals surface area contributed by atoms with Crippen molar-refractivity contribution in [1.29, 1.82) is 0 Å². The van der Waals surface area contributed by atoms with Crippen molar-refractivity contribution in [2.45, 2.75) is 38.9 Å². The standard InChI is InChI=1S/C22H30N4OS/c1-4-26-11-5-7-18(26)15-25(16-19-8-6-12-28-19)14-17-9-10-20-21(13-17)24(3)22(27)23(20)2/h6,8-10,12-13,18H,4-5,7,11,14-16H2,1-3H3.